The fourth-order valence-electron chi connectivity index (χ4n) is 5.98. The van der Waals surface area contributed by atoms with Crippen LogP contribution in [0.15, 0.2) is 145 Å². The second-order valence-corrected chi connectivity index (χ2v) is 11.6. The highest BCUT2D eigenvalue weighted by Crippen LogP contribution is 2.43. The Balaban J connectivity index is 1.31. The molecule has 0 atom stereocenters. The van der Waals surface area contributed by atoms with Gasteiger partial charge in [-0.3, -0.25) is 0 Å². The van der Waals surface area contributed by atoms with Crippen LogP contribution in [-0.2, 0) is 0 Å². The first-order valence-corrected chi connectivity index (χ1v) is 15.0. The van der Waals surface area contributed by atoms with Crippen molar-refractivity contribution in [1.29, 1.82) is 0 Å². The molecule has 4 nitrogen and oxygen atoms in total. The predicted octanol–water partition coefficient (Wildman–Crippen LogP) is 10.3. The highest BCUT2D eigenvalue weighted by molar-refractivity contribution is 7.26. The van der Waals surface area contributed by atoms with Crippen molar-refractivity contribution in [3.8, 4) is 39.9 Å². The van der Waals surface area contributed by atoms with Gasteiger partial charge in [-0.15, -0.1) is 11.3 Å². The van der Waals surface area contributed by atoms with E-state index in [-0.39, 0.29) is 23.5 Å². The minimum Gasteiger partial charge on any atom is -0.308 e. The van der Waals surface area contributed by atoms with Crippen LogP contribution in [0.25, 0.3) is 81.8 Å². The van der Waals surface area contributed by atoms with Gasteiger partial charge in [0.1, 0.15) is 0 Å². The number of hydrogen-bond acceptors (Lipinski definition) is 4. The van der Waals surface area contributed by atoms with Gasteiger partial charge in [-0.05, 0) is 24.3 Å². The SMILES string of the molecule is [2H]c1c([2H])c([2H])c(-c2nc(-c3ccccc3)nc(-c3cccc(-n4c5ccccc5c5ccc6c7ccccc7sc6c54)c3)n2)c([2H])c1[2H]. The monoisotopic (exact) mass is 585 g/mol. The summed E-state index contributed by atoms with van der Waals surface area (Å²) in [7, 11) is 0. The molecule has 0 fully saturated rings. The summed E-state index contributed by atoms with van der Waals surface area (Å²) in [5.41, 5.74) is 4.44. The Kier molecular flexibility index (Phi) is 4.60. The number of rotatable bonds is 4. The number of aromatic nitrogens is 4. The molecule has 0 aliphatic carbocycles. The summed E-state index contributed by atoms with van der Waals surface area (Å²) in [6.45, 7) is 0. The minimum absolute atomic E-state index is 0.00936. The first-order valence-electron chi connectivity index (χ1n) is 16.7. The first-order chi connectivity index (χ1) is 23.9. The van der Waals surface area contributed by atoms with Gasteiger partial charge in [0.15, 0.2) is 17.5 Å². The van der Waals surface area contributed by atoms with E-state index < -0.39 is 18.1 Å². The van der Waals surface area contributed by atoms with E-state index in [1.165, 1.54) is 20.2 Å². The minimum atomic E-state index is -0.470. The molecule has 5 heteroatoms. The Hall–Kier alpha value is -5.65. The molecule has 0 aliphatic rings. The Bertz CT molecular complexity index is 2760. The molecule has 44 heavy (non-hydrogen) atoms. The molecule has 3 aromatic heterocycles. The van der Waals surface area contributed by atoms with Crippen LogP contribution in [0.5, 0.6) is 0 Å². The molecule has 0 amide bonds. The molecule has 6 aromatic carbocycles. The molecule has 3 heterocycles. The summed E-state index contributed by atoms with van der Waals surface area (Å²) < 4.78 is 46.6. The van der Waals surface area contributed by atoms with Crippen LogP contribution < -0.4 is 0 Å². The van der Waals surface area contributed by atoms with Gasteiger partial charge >= 0.3 is 0 Å². The van der Waals surface area contributed by atoms with Gasteiger partial charge in [0.25, 0.3) is 0 Å². The second-order valence-electron chi connectivity index (χ2n) is 10.5. The Morgan fingerprint density at radius 1 is 0.523 bits per heavy atom. The summed E-state index contributed by atoms with van der Waals surface area (Å²) in [6.07, 6.45) is 0. The van der Waals surface area contributed by atoms with Crippen molar-refractivity contribution in [2.45, 2.75) is 0 Å². The average molecular weight is 586 g/mol. The zero-order valence-electron chi connectivity index (χ0n) is 28.2. The van der Waals surface area contributed by atoms with Crippen molar-refractivity contribution in [1.82, 2.24) is 19.5 Å². The molecular weight excluding hydrogens is 557 g/mol. The number of para-hydroxylation sites is 1. The lowest BCUT2D eigenvalue weighted by molar-refractivity contribution is 1.07. The normalized spacial score (nSPS) is 13.2. The zero-order valence-corrected chi connectivity index (χ0v) is 24.0. The molecule has 0 aliphatic heterocycles. The average Bonchev–Trinajstić information content (AvgIpc) is 3.70. The fraction of sp³-hybridized carbons (Fsp3) is 0. The third-order valence-corrected chi connectivity index (χ3v) is 9.13. The number of hydrogen-bond donors (Lipinski definition) is 0. The van der Waals surface area contributed by atoms with Crippen LogP contribution >= 0.6 is 11.3 Å². The molecule has 206 valence electrons. The van der Waals surface area contributed by atoms with Gasteiger partial charge in [0.05, 0.1) is 22.6 Å². The molecule has 0 unspecified atom stereocenters. The van der Waals surface area contributed by atoms with Gasteiger partial charge in [0.2, 0.25) is 0 Å². The molecule has 9 aromatic rings. The van der Waals surface area contributed by atoms with E-state index in [1.807, 2.05) is 54.6 Å². The van der Waals surface area contributed by atoms with Crippen molar-refractivity contribution in [3.05, 3.63) is 145 Å². The van der Waals surface area contributed by atoms with Crippen LogP contribution in [0, 0.1) is 0 Å². The van der Waals surface area contributed by atoms with Crippen molar-refractivity contribution < 1.29 is 6.85 Å². The summed E-state index contributed by atoms with van der Waals surface area (Å²) in [4.78, 5) is 14.3. The smallest absolute Gasteiger partial charge is 0.164 e. The van der Waals surface area contributed by atoms with E-state index in [9.17, 15) is 0 Å². The molecule has 0 saturated carbocycles. The first kappa shape index (κ1) is 20.3. The van der Waals surface area contributed by atoms with Crippen molar-refractivity contribution >= 4 is 53.3 Å². The number of nitrogens with zero attached hydrogens (tertiary/aromatic N) is 4. The summed E-state index contributed by atoms with van der Waals surface area (Å²) in [6, 6.07) is 36.6. The summed E-state index contributed by atoms with van der Waals surface area (Å²) >= 11 is 1.79. The van der Waals surface area contributed by atoms with Crippen LogP contribution in [0.1, 0.15) is 6.85 Å². The Morgan fingerprint density at radius 3 is 2.02 bits per heavy atom. The Morgan fingerprint density at radius 2 is 1.18 bits per heavy atom. The molecule has 0 radical (unpaired) electrons. The zero-order chi connectivity index (χ0) is 33.4. The lowest BCUT2D eigenvalue weighted by Crippen LogP contribution is -2.01. The Labute approximate surface area is 264 Å². The third-order valence-electron chi connectivity index (χ3n) is 7.93. The van der Waals surface area contributed by atoms with Gasteiger partial charge in [-0.1, -0.05) is 121 Å². The van der Waals surface area contributed by atoms with E-state index in [0.29, 0.717) is 22.8 Å². The number of thiophene rings is 1. The quantitative estimate of drug-likeness (QED) is 0.206. The molecule has 9 rings (SSSR count). The topological polar surface area (TPSA) is 43.6 Å². The molecule has 0 bridgehead atoms. The van der Waals surface area contributed by atoms with Gasteiger partial charge < -0.3 is 4.57 Å². The fourth-order valence-corrected chi connectivity index (χ4v) is 7.22. The number of benzene rings is 6. The number of fused-ring (bicyclic) bond motifs is 7. The van der Waals surface area contributed by atoms with Crippen LogP contribution in [0.4, 0.5) is 0 Å². The maximum atomic E-state index is 8.64. The lowest BCUT2D eigenvalue weighted by atomic mass is 10.1. The van der Waals surface area contributed by atoms with E-state index in [1.54, 1.807) is 11.3 Å². The van der Waals surface area contributed by atoms with Crippen LogP contribution in [0.2, 0.25) is 0 Å². The maximum Gasteiger partial charge on any atom is 0.164 e. The molecule has 0 spiro atoms. The van der Waals surface area contributed by atoms with Gasteiger partial charge in [0, 0.05) is 48.6 Å². The van der Waals surface area contributed by atoms with Crippen LogP contribution in [0.3, 0.4) is 0 Å². The largest absolute Gasteiger partial charge is 0.308 e. The highest BCUT2D eigenvalue weighted by Gasteiger charge is 2.19. The second kappa shape index (κ2) is 9.97. The van der Waals surface area contributed by atoms with Crippen molar-refractivity contribution in [2.24, 2.45) is 0 Å². The van der Waals surface area contributed by atoms with E-state index >= 15 is 0 Å². The predicted molar refractivity (Wildman–Crippen MR) is 183 cm³/mol. The molecule has 0 N–H and O–H groups in total. The van der Waals surface area contributed by atoms with E-state index in [0.717, 1.165) is 27.5 Å². The summed E-state index contributed by atoms with van der Waals surface area (Å²) in [5, 5.41) is 4.75. The molecule has 0 saturated heterocycles. The standard InChI is InChI=1S/C39H24N4S/c1-3-12-25(13-4-1)37-40-38(26-14-5-2-6-15-26)42-39(41-37)27-16-11-17-28(24-27)43-33-20-9-7-18-29(33)31-22-23-32-30-19-8-10-21-34(30)44-36(32)35(31)43/h1-24H/i1D,3D,4D,12D,13D. The van der Waals surface area contributed by atoms with Crippen molar-refractivity contribution in [3.63, 3.8) is 0 Å². The van der Waals surface area contributed by atoms with Gasteiger partial charge in [-0.2, -0.15) is 0 Å². The highest BCUT2D eigenvalue weighted by atomic mass is 32.1. The lowest BCUT2D eigenvalue weighted by Gasteiger charge is -2.12. The van der Waals surface area contributed by atoms with Crippen LogP contribution in [-0.4, -0.2) is 19.5 Å². The van der Waals surface area contributed by atoms with Crippen molar-refractivity contribution in [2.75, 3.05) is 0 Å². The maximum absolute atomic E-state index is 8.64. The van der Waals surface area contributed by atoms with E-state index in [2.05, 4.69) is 70.2 Å². The summed E-state index contributed by atoms with van der Waals surface area (Å²) in [5.74, 6) is 0.669. The third kappa shape index (κ3) is 3.94. The van der Waals surface area contributed by atoms with Gasteiger partial charge in [-0.25, -0.2) is 15.0 Å². The van der Waals surface area contributed by atoms with E-state index in [4.69, 9.17) is 16.8 Å². The molecular formula is C39H24N4S.